The normalized spacial score (nSPS) is 10.9. The number of amides is 1. The summed E-state index contributed by atoms with van der Waals surface area (Å²) < 4.78 is 10.5. The predicted octanol–water partition coefficient (Wildman–Crippen LogP) is 3.11. The first-order chi connectivity index (χ1) is 12.0. The summed E-state index contributed by atoms with van der Waals surface area (Å²) in [6.07, 6.45) is 0. The fourth-order valence-electron chi connectivity index (χ4n) is 2.49. The van der Waals surface area contributed by atoms with Gasteiger partial charge in [0.05, 0.1) is 17.4 Å². The van der Waals surface area contributed by atoms with E-state index < -0.39 is 0 Å². The van der Waals surface area contributed by atoms with Crippen LogP contribution in [0.2, 0.25) is 0 Å². The molecule has 1 amide bonds. The molecule has 0 fully saturated rings. The quantitative estimate of drug-likeness (QED) is 0.754. The van der Waals surface area contributed by atoms with Gasteiger partial charge in [0.25, 0.3) is 5.91 Å². The zero-order chi connectivity index (χ0) is 18.0. The molecule has 7 nitrogen and oxygen atoms in total. The highest BCUT2D eigenvalue weighted by Crippen LogP contribution is 2.35. The first kappa shape index (κ1) is 17.2. The van der Waals surface area contributed by atoms with Crippen molar-refractivity contribution in [3.8, 4) is 5.88 Å². The number of thiophene rings is 1. The number of hydrogen-bond donors (Lipinski definition) is 1. The summed E-state index contributed by atoms with van der Waals surface area (Å²) in [6.45, 7) is 4.01. The van der Waals surface area contributed by atoms with Gasteiger partial charge in [-0.2, -0.15) is 4.98 Å². The van der Waals surface area contributed by atoms with E-state index >= 15 is 0 Å². The van der Waals surface area contributed by atoms with E-state index in [2.05, 4.69) is 20.3 Å². The zero-order valence-corrected chi connectivity index (χ0v) is 15.2. The van der Waals surface area contributed by atoms with Crippen molar-refractivity contribution in [1.29, 1.82) is 0 Å². The van der Waals surface area contributed by atoms with Crippen LogP contribution in [0.15, 0.2) is 18.2 Å². The Balaban J connectivity index is 2.01. The fraction of sp³-hybridized carbons (Fsp3) is 0.294. The molecule has 0 bridgehead atoms. The fourth-order valence-corrected chi connectivity index (χ4v) is 3.57. The molecular formula is C17H18N4O3S. The monoisotopic (exact) mass is 358 g/mol. The van der Waals surface area contributed by atoms with Gasteiger partial charge in [-0.3, -0.25) is 4.79 Å². The SMILES string of the molecule is COCc1nc(OC)c2c(C)c(C(=O)Nc3cccc(C)n3)sc2n1. The van der Waals surface area contributed by atoms with Crippen molar-refractivity contribution in [3.05, 3.63) is 40.2 Å². The van der Waals surface area contributed by atoms with Crippen LogP contribution < -0.4 is 10.1 Å². The number of methoxy groups -OCH3 is 2. The van der Waals surface area contributed by atoms with E-state index in [9.17, 15) is 4.79 Å². The third kappa shape index (κ3) is 3.45. The third-order valence-electron chi connectivity index (χ3n) is 3.61. The number of nitrogens with one attached hydrogen (secondary N) is 1. The first-order valence-electron chi connectivity index (χ1n) is 7.61. The van der Waals surface area contributed by atoms with Gasteiger partial charge in [-0.15, -0.1) is 11.3 Å². The Labute approximate surface area is 149 Å². The van der Waals surface area contributed by atoms with Crippen LogP contribution in [0.3, 0.4) is 0 Å². The Kier molecular flexibility index (Phi) is 4.91. The summed E-state index contributed by atoms with van der Waals surface area (Å²) in [5, 5.41) is 3.57. The summed E-state index contributed by atoms with van der Waals surface area (Å²) in [4.78, 5) is 27.0. The number of ether oxygens (including phenoxy) is 2. The molecule has 25 heavy (non-hydrogen) atoms. The molecule has 1 N–H and O–H groups in total. The van der Waals surface area contributed by atoms with Gasteiger partial charge >= 0.3 is 0 Å². The standard InChI is InChI=1S/C17H18N4O3S/c1-9-6-5-7-11(18-9)19-15(22)14-10(2)13-16(24-4)20-12(8-23-3)21-17(13)25-14/h5-7H,8H2,1-4H3,(H,18,19,22). The number of hydrogen-bond acceptors (Lipinski definition) is 7. The molecule has 3 heterocycles. The molecule has 0 saturated heterocycles. The van der Waals surface area contributed by atoms with E-state index in [1.807, 2.05) is 26.0 Å². The second kappa shape index (κ2) is 7.12. The molecule has 0 radical (unpaired) electrons. The molecule has 130 valence electrons. The van der Waals surface area contributed by atoms with E-state index in [1.54, 1.807) is 20.3 Å². The Morgan fingerprint density at radius 1 is 1.20 bits per heavy atom. The lowest BCUT2D eigenvalue weighted by molar-refractivity contribution is 0.102. The number of pyridine rings is 1. The molecule has 0 unspecified atom stereocenters. The van der Waals surface area contributed by atoms with Crippen molar-refractivity contribution in [3.63, 3.8) is 0 Å². The van der Waals surface area contributed by atoms with Gasteiger partial charge in [-0.1, -0.05) is 6.07 Å². The van der Waals surface area contributed by atoms with Crippen molar-refractivity contribution in [2.24, 2.45) is 0 Å². The van der Waals surface area contributed by atoms with Crippen LogP contribution in [-0.2, 0) is 11.3 Å². The smallest absolute Gasteiger partial charge is 0.267 e. The molecule has 3 aromatic rings. The molecule has 3 aromatic heterocycles. The van der Waals surface area contributed by atoms with Crippen LogP contribution in [0.4, 0.5) is 5.82 Å². The molecule has 3 rings (SSSR count). The number of anilines is 1. The average Bonchev–Trinajstić information content (AvgIpc) is 2.91. The number of aryl methyl sites for hydroxylation is 2. The molecule has 0 aliphatic heterocycles. The molecule has 0 aliphatic rings. The van der Waals surface area contributed by atoms with Crippen LogP contribution in [0, 0.1) is 13.8 Å². The maximum Gasteiger partial charge on any atom is 0.267 e. The molecule has 0 spiro atoms. The Hall–Kier alpha value is -2.58. The Bertz CT molecular complexity index is 939. The number of carbonyl (C=O) groups excluding carboxylic acids is 1. The van der Waals surface area contributed by atoms with Gasteiger partial charge in [0, 0.05) is 12.8 Å². The number of carbonyl (C=O) groups is 1. The van der Waals surface area contributed by atoms with Gasteiger partial charge < -0.3 is 14.8 Å². The van der Waals surface area contributed by atoms with Crippen LogP contribution >= 0.6 is 11.3 Å². The zero-order valence-electron chi connectivity index (χ0n) is 14.4. The minimum absolute atomic E-state index is 0.228. The molecule has 0 atom stereocenters. The topological polar surface area (TPSA) is 86.2 Å². The Morgan fingerprint density at radius 3 is 2.68 bits per heavy atom. The van der Waals surface area contributed by atoms with E-state index in [4.69, 9.17) is 9.47 Å². The lowest BCUT2D eigenvalue weighted by Crippen LogP contribution is -2.12. The predicted molar refractivity (Wildman–Crippen MR) is 96.3 cm³/mol. The summed E-state index contributed by atoms with van der Waals surface area (Å²) >= 11 is 1.30. The van der Waals surface area contributed by atoms with E-state index in [-0.39, 0.29) is 12.5 Å². The highest BCUT2D eigenvalue weighted by Gasteiger charge is 2.21. The summed E-state index contributed by atoms with van der Waals surface area (Å²) in [5.41, 5.74) is 1.62. The number of aromatic nitrogens is 3. The largest absolute Gasteiger partial charge is 0.480 e. The van der Waals surface area contributed by atoms with Crippen LogP contribution in [0.25, 0.3) is 10.2 Å². The number of rotatable bonds is 5. The van der Waals surface area contributed by atoms with Crippen molar-refractivity contribution in [1.82, 2.24) is 15.0 Å². The molecular weight excluding hydrogens is 340 g/mol. The van der Waals surface area contributed by atoms with Crippen molar-refractivity contribution >= 4 is 33.3 Å². The lowest BCUT2D eigenvalue weighted by atomic mass is 10.2. The van der Waals surface area contributed by atoms with Gasteiger partial charge in [0.1, 0.15) is 17.3 Å². The first-order valence-corrected chi connectivity index (χ1v) is 8.43. The maximum atomic E-state index is 12.7. The van der Waals surface area contributed by atoms with Crippen LogP contribution in [0.5, 0.6) is 5.88 Å². The summed E-state index contributed by atoms with van der Waals surface area (Å²) in [5.74, 6) is 1.24. The maximum absolute atomic E-state index is 12.7. The highest BCUT2D eigenvalue weighted by atomic mass is 32.1. The van der Waals surface area contributed by atoms with Crippen LogP contribution in [-0.4, -0.2) is 35.1 Å². The van der Waals surface area contributed by atoms with Crippen molar-refractivity contribution in [2.75, 3.05) is 19.5 Å². The van der Waals surface area contributed by atoms with Crippen LogP contribution in [0.1, 0.15) is 26.8 Å². The van der Waals surface area contributed by atoms with E-state index in [0.717, 1.165) is 16.6 Å². The summed E-state index contributed by atoms with van der Waals surface area (Å²) in [7, 11) is 3.12. The van der Waals surface area contributed by atoms with Crippen molar-refractivity contribution in [2.45, 2.75) is 20.5 Å². The minimum Gasteiger partial charge on any atom is -0.480 e. The third-order valence-corrected chi connectivity index (χ3v) is 4.79. The average molecular weight is 358 g/mol. The molecule has 0 aliphatic carbocycles. The lowest BCUT2D eigenvalue weighted by Gasteiger charge is -2.05. The van der Waals surface area contributed by atoms with E-state index in [1.165, 1.54) is 11.3 Å². The summed E-state index contributed by atoms with van der Waals surface area (Å²) in [6, 6.07) is 5.48. The van der Waals surface area contributed by atoms with Gasteiger partial charge in [0.15, 0.2) is 5.82 Å². The van der Waals surface area contributed by atoms with Gasteiger partial charge in [-0.25, -0.2) is 9.97 Å². The van der Waals surface area contributed by atoms with Gasteiger partial charge in [0.2, 0.25) is 5.88 Å². The number of nitrogens with zero attached hydrogens (tertiary/aromatic N) is 3. The Morgan fingerprint density at radius 2 is 2.00 bits per heavy atom. The second-order valence-electron chi connectivity index (χ2n) is 5.44. The molecule has 8 heteroatoms. The molecule has 0 saturated carbocycles. The van der Waals surface area contributed by atoms with Gasteiger partial charge in [-0.05, 0) is 31.5 Å². The molecule has 0 aromatic carbocycles. The number of fused-ring (bicyclic) bond motifs is 1. The van der Waals surface area contributed by atoms with E-state index in [0.29, 0.717) is 27.2 Å². The van der Waals surface area contributed by atoms with Crippen molar-refractivity contribution < 1.29 is 14.3 Å². The minimum atomic E-state index is -0.228. The second-order valence-corrected chi connectivity index (χ2v) is 6.44. The highest BCUT2D eigenvalue weighted by molar-refractivity contribution is 7.20.